The fourth-order valence-electron chi connectivity index (χ4n) is 2.89. The zero-order valence-corrected chi connectivity index (χ0v) is 15.5. The van der Waals surface area contributed by atoms with Crippen LogP contribution in [-0.2, 0) is 0 Å². The average molecular weight is 427 g/mol. The van der Waals surface area contributed by atoms with Gasteiger partial charge in [0.1, 0.15) is 17.2 Å². The molecular formula is C21H12F3N3O4. The Morgan fingerprint density at radius 2 is 1.87 bits per heavy atom. The number of anilines is 1. The highest BCUT2D eigenvalue weighted by molar-refractivity contribution is 6.06. The topological polar surface area (TPSA) is 94.3 Å². The number of alkyl halides is 3. The van der Waals surface area contributed by atoms with Crippen molar-refractivity contribution in [3.8, 4) is 17.1 Å². The van der Waals surface area contributed by atoms with Crippen LogP contribution < -0.4 is 15.5 Å². The number of ether oxygens (including phenoxy) is 1. The van der Waals surface area contributed by atoms with Gasteiger partial charge in [0, 0.05) is 18.5 Å². The summed E-state index contributed by atoms with van der Waals surface area (Å²) < 4.78 is 48.1. The Bertz CT molecular complexity index is 1320. The van der Waals surface area contributed by atoms with Crippen LogP contribution in [0.4, 0.5) is 18.9 Å². The van der Waals surface area contributed by atoms with Crippen molar-refractivity contribution in [1.82, 2.24) is 9.97 Å². The highest BCUT2D eigenvalue weighted by atomic mass is 19.4. The third kappa shape index (κ3) is 4.37. The van der Waals surface area contributed by atoms with E-state index in [0.29, 0.717) is 0 Å². The fraction of sp³-hybridized carbons (Fsp3) is 0.0476. The number of carbonyl (C=O) groups excluding carboxylic acids is 1. The van der Waals surface area contributed by atoms with Gasteiger partial charge in [0.25, 0.3) is 5.91 Å². The first-order valence-electron chi connectivity index (χ1n) is 8.81. The fourth-order valence-corrected chi connectivity index (χ4v) is 2.89. The van der Waals surface area contributed by atoms with E-state index < -0.39 is 23.4 Å². The molecule has 0 spiro atoms. The van der Waals surface area contributed by atoms with Crippen LogP contribution in [-0.4, -0.2) is 22.2 Å². The summed E-state index contributed by atoms with van der Waals surface area (Å²) in [7, 11) is 0. The SMILES string of the molecule is O=C(Nc1cccc2c(=O)cc(-c3ccccc3OC(F)(F)F)oc12)c1cnccn1. The average Bonchev–Trinajstić information content (AvgIpc) is 2.74. The minimum absolute atomic E-state index is 0.0101. The summed E-state index contributed by atoms with van der Waals surface area (Å²) in [5.74, 6) is -1.29. The van der Waals surface area contributed by atoms with Crippen molar-refractivity contribution in [1.29, 1.82) is 0 Å². The number of aromatic nitrogens is 2. The summed E-state index contributed by atoms with van der Waals surface area (Å²) in [4.78, 5) is 32.8. The van der Waals surface area contributed by atoms with Crippen molar-refractivity contribution < 1.29 is 27.1 Å². The molecule has 2 aromatic heterocycles. The van der Waals surface area contributed by atoms with Crippen molar-refractivity contribution in [2.24, 2.45) is 0 Å². The minimum atomic E-state index is -4.93. The maximum atomic E-state index is 12.8. The number of carbonyl (C=O) groups is 1. The highest BCUT2D eigenvalue weighted by Gasteiger charge is 2.32. The van der Waals surface area contributed by atoms with Gasteiger partial charge in [-0.2, -0.15) is 0 Å². The molecule has 4 rings (SSSR count). The van der Waals surface area contributed by atoms with Crippen LogP contribution in [0.25, 0.3) is 22.3 Å². The number of halogens is 3. The van der Waals surface area contributed by atoms with E-state index in [2.05, 4.69) is 20.0 Å². The Balaban J connectivity index is 1.81. The number of amides is 1. The molecule has 0 aliphatic carbocycles. The molecule has 1 amide bonds. The number of hydrogen-bond acceptors (Lipinski definition) is 6. The summed E-state index contributed by atoms with van der Waals surface area (Å²) in [6.07, 6.45) is -0.926. The van der Waals surface area contributed by atoms with Gasteiger partial charge in [0.05, 0.1) is 22.8 Å². The Morgan fingerprint density at radius 1 is 1.06 bits per heavy atom. The lowest BCUT2D eigenvalue weighted by atomic mass is 10.1. The number of nitrogens with zero attached hydrogens (tertiary/aromatic N) is 2. The van der Waals surface area contributed by atoms with Crippen LogP contribution in [0.1, 0.15) is 10.5 Å². The van der Waals surface area contributed by atoms with Gasteiger partial charge in [-0.15, -0.1) is 13.2 Å². The van der Waals surface area contributed by atoms with E-state index in [9.17, 15) is 22.8 Å². The summed E-state index contributed by atoms with van der Waals surface area (Å²) in [6, 6.07) is 10.8. The van der Waals surface area contributed by atoms with Crippen molar-refractivity contribution in [2.75, 3.05) is 5.32 Å². The molecule has 0 unspecified atom stereocenters. The molecule has 0 bridgehead atoms. The van der Waals surface area contributed by atoms with Gasteiger partial charge in [-0.1, -0.05) is 18.2 Å². The third-order valence-corrected chi connectivity index (χ3v) is 4.18. The maximum absolute atomic E-state index is 12.8. The number of para-hydroxylation sites is 2. The van der Waals surface area contributed by atoms with Gasteiger partial charge in [-0.25, -0.2) is 4.98 Å². The van der Waals surface area contributed by atoms with E-state index in [0.717, 1.165) is 12.1 Å². The van der Waals surface area contributed by atoms with Gasteiger partial charge >= 0.3 is 6.36 Å². The van der Waals surface area contributed by atoms with E-state index in [1.807, 2.05) is 0 Å². The molecule has 0 saturated heterocycles. The predicted octanol–water partition coefficient (Wildman–Crippen LogP) is 4.40. The predicted molar refractivity (Wildman–Crippen MR) is 105 cm³/mol. The molecule has 10 heteroatoms. The second-order valence-electron chi connectivity index (χ2n) is 6.25. The molecule has 31 heavy (non-hydrogen) atoms. The van der Waals surface area contributed by atoms with E-state index in [-0.39, 0.29) is 33.7 Å². The van der Waals surface area contributed by atoms with Gasteiger partial charge in [0.2, 0.25) is 0 Å². The van der Waals surface area contributed by atoms with Gasteiger partial charge in [0.15, 0.2) is 11.0 Å². The van der Waals surface area contributed by atoms with Crippen LogP contribution in [0.2, 0.25) is 0 Å². The normalized spacial score (nSPS) is 11.3. The third-order valence-electron chi connectivity index (χ3n) is 4.18. The maximum Gasteiger partial charge on any atom is 0.573 e. The van der Waals surface area contributed by atoms with E-state index in [1.54, 1.807) is 0 Å². The van der Waals surface area contributed by atoms with Crippen molar-refractivity contribution in [3.63, 3.8) is 0 Å². The zero-order chi connectivity index (χ0) is 22.0. The molecule has 156 valence electrons. The van der Waals surface area contributed by atoms with Gasteiger partial charge in [-0.3, -0.25) is 14.6 Å². The van der Waals surface area contributed by atoms with Crippen LogP contribution in [0, 0.1) is 0 Å². The largest absolute Gasteiger partial charge is 0.573 e. The number of fused-ring (bicyclic) bond motifs is 1. The van der Waals surface area contributed by atoms with Crippen LogP contribution in [0.5, 0.6) is 5.75 Å². The van der Waals surface area contributed by atoms with Crippen LogP contribution in [0.3, 0.4) is 0 Å². The molecule has 2 aromatic carbocycles. The second-order valence-corrected chi connectivity index (χ2v) is 6.25. The van der Waals surface area contributed by atoms with Crippen LogP contribution in [0.15, 0.2) is 76.3 Å². The lowest BCUT2D eigenvalue weighted by molar-refractivity contribution is -0.274. The Labute approximate surface area is 172 Å². The molecule has 0 aliphatic rings. The first kappa shape index (κ1) is 20.1. The number of benzene rings is 2. The standard InChI is InChI=1S/C21H12F3N3O4/c22-21(23,24)31-17-7-2-1-4-13(17)18-10-16(28)12-5-3-6-14(19(12)30-18)27-20(29)15-11-25-8-9-26-15/h1-11H,(H,27,29). The summed E-state index contributed by atoms with van der Waals surface area (Å²) in [5, 5.41) is 2.71. The monoisotopic (exact) mass is 427 g/mol. The first-order chi connectivity index (χ1) is 14.8. The minimum Gasteiger partial charge on any atom is -0.453 e. The van der Waals surface area contributed by atoms with Crippen LogP contribution >= 0.6 is 0 Å². The Morgan fingerprint density at radius 3 is 2.61 bits per heavy atom. The molecule has 0 saturated carbocycles. The highest BCUT2D eigenvalue weighted by Crippen LogP contribution is 2.35. The van der Waals surface area contributed by atoms with Gasteiger partial charge < -0.3 is 14.5 Å². The first-order valence-corrected chi connectivity index (χ1v) is 8.81. The molecule has 0 atom stereocenters. The zero-order valence-electron chi connectivity index (χ0n) is 15.5. The van der Waals surface area contributed by atoms with Crippen molar-refractivity contribution in [3.05, 3.63) is 83.0 Å². The Hall–Kier alpha value is -4.21. The number of rotatable bonds is 4. The molecular weight excluding hydrogens is 415 g/mol. The lowest BCUT2D eigenvalue weighted by Gasteiger charge is -2.13. The molecule has 4 aromatic rings. The lowest BCUT2D eigenvalue weighted by Crippen LogP contribution is -2.17. The molecule has 1 N–H and O–H groups in total. The van der Waals surface area contributed by atoms with Crippen molar-refractivity contribution >= 4 is 22.6 Å². The summed E-state index contributed by atoms with van der Waals surface area (Å²) in [6.45, 7) is 0. The van der Waals surface area contributed by atoms with E-state index in [1.165, 1.54) is 55.0 Å². The molecule has 0 fully saturated rings. The quantitative estimate of drug-likeness (QED) is 0.519. The number of nitrogens with one attached hydrogen (secondary N) is 1. The summed E-state index contributed by atoms with van der Waals surface area (Å²) >= 11 is 0. The van der Waals surface area contributed by atoms with E-state index >= 15 is 0 Å². The van der Waals surface area contributed by atoms with Gasteiger partial charge in [-0.05, 0) is 24.3 Å². The second kappa shape index (κ2) is 7.90. The molecule has 0 aliphatic heterocycles. The molecule has 2 heterocycles. The Kier molecular flexibility index (Phi) is 5.12. The summed E-state index contributed by atoms with van der Waals surface area (Å²) in [5.41, 5.74) is -0.421. The molecule has 7 nitrogen and oxygen atoms in total. The molecule has 0 radical (unpaired) electrons. The number of hydrogen-bond donors (Lipinski definition) is 1. The van der Waals surface area contributed by atoms with Crippen molar-refractivity contribution in [2.45, 2.75) is 6.36 Å². The van der Waals surface area contributed by atoms with E-state index in [4.69, 9.17) is 4.42 Å². The smallest absolute Gasteiger partial charge is 0.453 e.